The molecule has 1 fully saturated rings. The Labute approximate surface area is 88.9 Å². The predicted octanol–water partition coefficient (Wildman–Crippen LogP) is 2.58. The minimum Gasteiger partial charge on any atom is -0.395 e. The lowest BCUT2D eigenvalue weighted by Crippen LogP contribution is -2.38. The lowest BCUT2D eigenvalue weighted by atomic mass is 9.64. The molecule has 0 amide bonds. The van der Waals surface area contributed by atoms with Crippen molar-refractivity contribution >= 4 is 10.9 Å². The van der Waals surface area contributed by atoms with Crippen LogP contribution in [-0.4, -0.2) is 16.7 Å². The van der Waals surface area contributed by atoms with Gasteiger partial charge >= 0.3 is 0 Å². The molecule has 0 spiro atoms. The minimum atomic E-state index is 0.0321. The van der Waals surface area contributed by atoms with Gasteiger partial charge in [-0.05, 0) is 29.9 Å². The molecule has 1 aliphatic carbocycles. The lowest BCUT2D eigenvalue weighted by Gasteiger charge is -2.41. The van der Waals surface area contributed by atoms with Crippen LogP contribution >= 0.6 is 0 Å². The summed E-state index contributed by atoms with van der Waals surface area (Å²) in [6.07, 6.45) is 5.43. The zero-order valence-corrected chi connectivity index (χ0v) is 8.66. The van der Waals surface area contributed by atoms with Gasteiger partial charge in [0.25, 0.3) is 0 Å². The molecule has 3 rings (SSSR count). The molecule has 1 aromatic carbocycles. The Morgan fingerprint density at radius 3 is 2.80 bits per heavy atom. The molecule has 1 aromatic heterocycles. The van der Waals surface area contributed by atoms with Gasteiger partial charge < -0.3 is 10.1 Å². The highest BCUT2D eigenvalue weighted by Crippen LogP contribution is 2.45. The van der Waals surface area contributed by atoms with Gasteiger partial charge in [-0.1, -0.05) is 24.6 Å². The summed E-state index contributed by atoms with van der Waals surface area (Å²) in [6, 6.07) is 8.43. The highest BCUT2D eigenvalue weighted by Gasteiger charge is 2.39. The van der Waals surface area contributed by atoms with Crippen molar-refractivity contribution in [3.8, 4) is 0 Å². The summed E-state index contributed by atoms with van der Waals surface area (Å²) in [4.78, 5) is 3.29. The second kappa shape index (κ2) is 3.11. The van der Waals surface area contributed by atoms with E-state index in [0.717, 1.165) is 12.8 Å². The summed E-state index contributed by atoms with van der Waals surface area (Å²) in [5.74, 6) is 0. The number of hydrogen-bond acceptors (Lipinski definition) is 1. The van der Waals surface area contributed by atoms with Crippen LogP contribution in [-0.2, 0) is 5.41 Å². The van der Waals surface area contributed by atoms with Gasteiger partial charge in [0, 0.05) is 17.1 Å². The van der Waals surface area contributed by atoms with Crippen LogP contribution in [0.5, 0.6) is 0 Å². The van der Waals surface area contributed by atoms with Gasteiger partial charge in [0.15, 0.2) is 0 Å². The molecule has 1 aliphatic rings. The molecule has 2 nitrogen and oxygen atoms in total. The summed E-state index contributed by atoms with van der Waals surface area (Å²) in [6.45, 7) is 0.269. The van der Waals surface area contributed by atoms with Gasteiger partial charge in [-0.3, -0.25) is 0 Å². The monoisotopic (exact) mass is 201 g/mol. The maximum atomic E-state index is 9.57. The van der Waals surface area contributed by atoms with Crippen molar-refractivity contribution < 1.29 is 5.11 Å². The number of hydrogen-bond donors (Lipinski definition) is 2. The number of nitrogens with one attached hydrogen (secondary N) is 1. The number of benzene rings is 1. The number of aliphatic hydroxyl groups excluding tert-OH is 1. The molecule has 0 atom stereocenters. The first kappa shape index (κ1) is 8.98. The van der Waals surface area contributed by atoms with Crippen molar-refractivity contribution in [1.82, 2.24) is 4.98 Å². The highest BCUT2D eigenvalue weighted by atomic mass is 16.3. The van der Waals surface area contributed by atoms with E-state index in [1.807, 2.05) is 6.20 Å². The van der Waals surface area contributed by atoms with Gasteiger partial charge in [0.05, 0.1) is 6.61 Å². The van der Waals surface area contributed by atoms with E-state index in [2.05, 4.69) is 29.2 Å². The zero-order valence-electron chi connectivity index (χ0n) is 8.66. The molecule has 0 radical (unpaired) electrons. The van der Waals surface area contributed by atoms with Crippen LogP contribution in [0.1, 0.15) is 24.8 Å². The van der Waals surface area contributed by atoms with E-state index in [9.17, 15) is 5.11 Å². The van der Waals surface area contributed by atoms with E-state index in [0.29, 0.717) is 0 Å². The van der Waals surface area contributed by atoms with E-state index in [1.165, 1.54) is 22.9 Å². The third-order valence-corrected chi connectivity index (χ3v) is 3.77. The molecule has 0 bridgehead atoms. The van der Waals surface area contributed by atoms with Crippen LogP contribution in [0.15, 0.2) is 30.5 Å². The van der Waals surface area contributed by atoms with Crippen molar-refractivity contribution in [2.24, 2.45) is 0 Å². The van der Waals surface area contributed by atoms with Gasteiger partial charge in [-0.15, -0.1) is 0 Å². The standard InChI is InChI=1S/C13H15NO/c15-9-13(6-2-7-13)11-4-1-3-10-5-8-14-12(10)11/h1,3-5,8,14-15H,2,6-7,9H2. The van der Waals surface area contributed by atoms with Crippen LogP contribution in [0.3, 0.4) is 0 Å². The summed E-state index contributed by atoms with van der Waals surface area (Å²) in [5, 5.41) is 10.8. The van der Waals surface area contributed by atoms with E-state index < -0.39 is 0 Å². The average molecular weight is 201 g/mol. The Bertz CT molecular complexity index is 476. The average Bonchev–Trinajstić information content (AvgIpc) is 2.65. The summed E-state index contributed by atoms with van der Waals surface area (Å²) in [7, 11) is 0. The first-order valence-corrected chi connectivity index (χ1v) is 5.53. The molecular formula is C13H15NO. The molecule has 78 valence electrons. The fraction of sp³-hybridized carbons (Fsp3) is 0.385. The molecule has 2 aromatic rings. The van der Waals surface area contributed by atoms with Crippen LogP contribution in [0.4, 0.5) is 0 Å². The quantitative estimate of drug-likeness (QED) is 0.769. The Hall–Kier alpha value is -1.28. The van der Waals surface area contributed by atoms with Gasteiger partial charge in [0.1, 0.15) is 0 Å². The number of aromatic nitrogens is 1. The number of H-pyrrole nitrogens is 1. The first-order valence-electron chi connectivity index (χ1n) is 5.53. The minimum absolute atomic E-state index is 0.0321. The van der Waals surface area contributed by atoms with Crippen LogP contribution < -0.4 is 0 Å². The van der Waals surface area contributed by atoms with Gasteiger partial charge in [-0.2, -0.15) is 0 Å². The lowest BCUT2D eigenvalue weighted by molar-refractivity contribution is 0.121. The number of para-hydroxylation sites is 1. The molecular weight excluding hydrogens is 186 g/mol. The van der Waals surface area contributed by atoms with Crippen molar-refractivity contribution in [3.63, 3.8) is 0 Å². The second-order valence-corrected chi connectivity index (χ2v) is 4.54. The molecule has 0 aliphatic heterocycles. The van der Waals surface area contributed by atoms with E-state index >= 15 is 0 Å². The Balaban J connectivity index is 2.21. The smallest absolute Gasteiger partial charge is 0.0528 e. The second-order valence-electron chi connectivity index (χ2n) is 4.54. The van der Waals surface area contributed by atoms with Crippen molar-refractivity contribution in [3.05, 3.63) is 36.0 Å². The van der Waals surface area contributed by atoms with Gasteiger partial charge in [0.2, 0.25) is 0 Å². The molecule has 1 heterocycles. The summed E-state index contributed by atoms with van der Waals surface area (Å²) in [5.41, 5.74) is 2.52. The molecule has 0 unspecified atom stereocenters. The van der Waals surface area contributed by atoms with Crippen LogP contribution in [0.25, 0.3) is 10.9 Å². The van der Waals surface area contributed by atoms with E-state index in [4.69, 9.17) is 0 Å². The predicted molar refractivity (Wildman–Crippen MR) is 60.9 cm³/mol. The summed E-state index contributed by atoms with van der Waals surface area (Å²) >= 11 is 0. The zero-order chi connectivity index (χ0) is 10.3. The summed E-state index contributed by atoms with van der Waals surface area (Å²) < 4.78 is 0. The first-order chi connectivity index (χ1) is 7.36. The Morgan fingerprint density at radius 2 is 2.13 bits per heavy atom. The van der Waals surface area contributed by atoms with Crippen LogP contribution in [0.2, 0.25) is 0 Å². The number of rotatable bonds is 2. The normalized spacial score (nSPS) is 19.0. The topological polar surface area (TPSA) is 36.0 Å². The number of aromatic amines is 1. The maximum Gasteiger partial charge on any atom is 0.0528 e. The van der Waals surface area contributed by atoms with E-state index in [1.54, 1.807) is 0 Å². The van der Waals surface area contributed by atoms with Crippen molar-refractivity contribution in [1.29, 1.82) is 0 Å². The number of fused-ring (bicyclic) bond motifs is 1. The fourth-order valence-corrected chi connectivity index (χ4v) is 2.64. The largest absolute Gasteiger partial charge is 0.395 e. The van der Waals surface area contributed by atoms with Crippen molar-refractivity contribution in [2.75, 3.05) is 6.61 Å². The SMILES string of the molecule is OCC1(c2cccc3cc[nH]c23)CCC1. The Morgan fingerprint density at radius 1 is 1.27 bits per heavy atom. The molecule has 1 saturated carbocycles. The molecule has 2 heteroatoms. The molecule has 0 saturated heterocycles. The molecule has 15 heavy (non-hydrogen) atoms. The van der Waals surface area contributed by atoms with Gasteiger partial charge in [-0.25, -0.2) is 0 Å². The molecule has 2 N–H and O–H groups in total. The number of aliphatic hydroxyl groups is 1. The van der Waals surface area contributed by atoms with Crippen molar-refractivity contribution in [2.45, 2.75) is 24.7 Å². The third kappa shape index (κ3) is 1.15. The van der Waals surface area contributed by atoms with E-state index in [-0.39, 0.29) is 12.0 Å². The maximum absolute atomic E-state index is 9.57. The fourth-order valence-electron chi connectivity index (χ4n) is 2.64. The van der Waals surface area contributed by atoms with Crippen LogP contribution in [0, 0.1) is 0 Å². The third-order valence-electron chi connectivity index (χ3n) is 3.77. The Kier molecular flexibility index (Phi) is 1.86. The highest BCUT2D eigenvalue weighted by molar-refractivity contribution is 5.83.